The summed E-state index contributed by atoms with van der Waals surface area (Å²) in [5.74, 6) is -0.920. The minimum absolute atomic E-state index is 0.300. The number of benzene rings is 1. The second kappa shape index (κ2) is 7.27. The van der Waals surface area contributed by atoms with Crippen molar-refractivity contribution in [2.24, 2.45) is 0 Å². The summed E-state index contributed by atoms with van der Waals surface area (Å²) in [6.45, 7) is 5.97. The fraction of sp³-hybridized carbons (Fsp3) is 0.353. The molecule has 0 aliphatic carbocycles. The lowest BCUT2D eigenvalue weighted by Gasteiger charge is -2.21. The van der Waals surface area contributed by atoms with Crippen molar-refractivity contribution < 1.29 is 14.7 Å². The molecular weight excluding hydrogens is 330 g/mol. The number of carboxylic acids is 1. The Kier molecular flexibility index (Phi) is 5.59. The molecule has 1 aliphatic heterocycles. The molecule has 122 valence electrons. The maximum Gasteiger partial charge on any atom is 0.326 e. The van der Waals surface area contributed by atoms with Crippen LogP contribution in [0.2, 0.25) is 0 Å². The summed E-state index contributed by atoms with van der Waals surface area (Å²) in [6, 6.07) is 7.07. The van der Waals surface area contributed by atoms with Crippen LogP contribution in [0.3, 0.4) is 0 Å². The Bertz CT molecular complexity index is 665. The minimum Gasteiger partial charge on any atom is -0.480 e. The molecule has 23 heavy (non-hydrogen) atoms. The van der Waals surface area contributed by atoms with Crippen LogP contribution < -0.4 is 0 Å². The third-order valence-electron chi connectivity index (χ3n) is 3.71. The Balaban J connectivity index is 2.26. The van der Waals surface area contributed by atoms with Crippen LogP contribution in [0.15, 0.2) is 29.2 Å². The number of carbonyl (C=O) groups excluding carboxylic acids is 1. The first-order chi connectivity index (χ1) is 10.8. The van der Waals surface area contributed by atoms with Gasteiger partial charge in [0.2, 0.25) is 0 Å². The van der Waals surface area contributed by atoms with Gasteiger partial charge >= 0.3 is 5.97 Å². The lowest BCUT2D eigenvalue weighted by Crippen LogP contribution is -2.43. The van der Waals surface area contributed by atoms with Crippen molar-refractivity contribution in [3.05, 3.63) is 40.3 Å². The fourth-order valence-electron chi connectivity index (χ4n) is 2.34. The van der Waals surface area contributed by atoms with Gasteiger partial charge in [0.1, 0.15) is 10.4 Å². The second-order valence-corrected chi connectivity index (χ2v) is 7.31. The van der Waals surface area contributed by atoms with Crippen LogP contribution in [0, 0.1) is 0 Å². The molecule has 1 N–H and O–H groups in total. The number of thioether (sulfide) groups is 1. The number of nitrogens with zero attached hydrogens (tertiary/aromatic N) is 1. The van der Waals surface area contributed by atoms with Gasteiger partial charge in [-0.1, -0.05) is 69.0 Å². The first-order valence-electron chi connectivity index (χ1n) is 7.45. The standard InChI is InChI=1S/C17H19NO3S2/c1-4-13(16(20)21)18-15(19)14(23-17(18)22)9-11-5-7-12(8-6-11)10(2)3/h5-10,13H,4H2,1-3H3,(H,20,21)/b14-9-. The summed E-state index contributed by atoms with van der Waals surface area (Å²) < 4.78 is 0.300. The van der Waals surface area contributed by atoms with Gasteiger partial charge in [-0.25, -0.2) is 4.79 Å². The molecule has 0 bridgehead atoms. The van der Waals surface area contributed by atoms with Crippen molar-refractivity contribution in [2.45, 2.75) is 39.2 Å². The molecule has 1 fully saturated rings. The molecule has 1 aliphatic rings. The van der Waals surface area contributed by atoms with Crippen molar-refractivity contribution in [3.8, 4) is 0 Å². The second-order valence-electron chi connectivity index (χ2n) is 5.64. The van der Waals surface area contributed by atoms with Gasteiger partial charge < -0.3 is 5.11 Å². The summed E-state index contributed by atoms with van der Waals surface area (Å²) in [4.78, 5) is 25.4. The summed E-state index contributed by atoms with van der Waals surface area (Å²) in [6.07, 6.45) is 2.08. The number of rotatable bonds is 5. The van der Waals surface area contributed by atoms with Gasteiger partial charge in [0.15, 0.2) is 0 Å². The minimum atomic E-state index is -1.04. The molecule has 0 aromatic heterocycles. The van der Waals surface area contributed by atoms with Crippen molar-refractivity contribution in [1.82, 2.24) is 4.90 Å². The van der Waals surface area contributed by atoms with Gasteiger partial charge in [0, 0.05) is 0 Å². The Labute approximate surface area is 145 Å². The van der Waals surface area contributed by atoms with E-state index in [1.54, 1.807) is 13.0 Å². The number of aliphatic carboxylic acids is 1. The topological polar surface area (TPSA) is 57.6 Å². The van der Waals surface area contributed by atoms with Gasteiger partial charge in [0.25, 0.3) is 5.91 Å². The van der Waals surface area contributed by atoms with Crippen LogP contribution in [0.25, 0.3) is 6.08 Å². The summed E-state index contributed by atoms with van der Waals surface area (Å²) in [7, 11) is 0. The Hall–Kier alpha value is -1.66. The van der Waals surface area contributed by atoms with Crippen molar-refractivity contribution in [1.29, 1.82) is 0 Å². The van der Waals surface area contributed by atoms with Crippen LogP contribution in [-0.2, 0) is 9.59 Å². The molecule has 0 spiro atoms. The molecule has 0 saturated carbocycles. The van der Waals surface area contributed by atoms with Crippen LogP contribution in [0.5, 0.6) is 0 Å². The molecule has 0 radical (unpaired) electrons. The lowest BCUT2D eigenvalue weighted by atomic mass is 10.0. The van der Waals surface area contributed by atoms with E-state index in [1.807, 2.05) is 24.3 Å². The van der Waals surface area contributed by atoms with Gasteiger partial charge in [-0.05, 0) is 29.5 Å². The number of carbonyl (C=O) groups is 2. The van der Waals surface area contributed by atoms with Gasteiger partial charge in [0.05, 0.1) is 4.91 Å². The largest absolute Gasteiger partial charge is 0.480 e. The van der Waals surface area contributed by atoms with E-state index in [1.165, 1.54) is 10.5 Å². The molecule has 4 nitrogen and oxygen atoms in total. The molecule has 1 atom stereocenters. The highest BCUT2D eigenvalue weighted by molar-refractivity contribution is 8.26. The third kappa shape index (κ3) is 3.82. The van der Waals surface area contributed by atoms with Crippen LogP contribution in [0.4, 0.5) is 0 Å². The van der Waals surface area contributed by atoms with Crippen LogP contribution in [0.1, 0.15) is 44.2 Å². The quantitative estimate of drug-likeness (QED) is 0.646. The van der Waals surface area contributed by atoms with E-state index in [0.717, 1.165) is 17.3 Å². The van der Waals surface area contributed by atoms with Crippen molar-refractivity contribution in [3.63, 3.8) is 0 Å². The van der Waals surface area contributed by atoms with Gasteiger partial charge in [-0.3, -0.25) is 9.69 Å². The van der Waals surface area contributed by atoms with E-state index < -0.39 is 12.0 Å². The normalized spacial score (nSPS) is 18.1. The third-order valence-corrected chi connectivity index (χ3v) is 5.04. The summed E-state index contributed by atoms with van der Waals surface area (Å²) in [5, 5.41) is 9.25. The molecular formula is C17H19NO3S2. The zero-order chi connectivity index (χ0) is 17.1. The summed E-state index contributed by atoms with van der Waals surface area (Å²) >= 11 is 6.35. The molecule has 1 amide bonds. The SMILES string of the molecule is CCC(C(=O)O)N1C(=O)/C(=C/c2ccc(C(C)C)cc2)SC1=S. The molecule has 2 rings (SSSR count). The van der Waals surface area contributed by atoms with E-state index in [0.29, 0.717) is 21.6 Å². The Morgan fingerprint density at radius 1 is 1.35 bits per heavy atom. The molecule has 1 unspecified atom stereocenters. The zero-order valence-electron chi connectivity index (χ0n) is 13.3. The maximum absolute atomic E-state index is 12.5. The molecule has 1 heterocycles. The Morgan fingerprint density at radius 3 is 2.43 bits per heavy atom. The van der Waals surface area contributed by atoms with Crippen LogP contribution >= 0.6 is 24.0 Å². The summed E-state index contributed by atoms with van der Waals surface area (Å²) in [5.41, 5.74) is 2.13. The van der Waals surface area contributed by atoms with E-state index >= 15 is 0 Å². The van der Waals surface area contributed by atoms with Gasteiger partial charge in [-0.15, -0.1) is 0 Å². The number of amides is 1. The zero-order valence-corrected chi connectivity index (χ0v) is 14.9. The number of thiocarbonyl (C=S) groups is 1. The number of carboxylic acid groups (broad SMARTS) is 1. The van der Waals surface area contributed by atoms with Gasteiger partial charge in [-0.2, -0.15) is 0 Å². The first kappa shape index (κ1) is 17.7. The van der Waals surface area contributed by atoms with E-state index in [4.69, 9.17) is 12.2 Å². The average molecular weight is 349 g/mol. The first-order valence-corrected chi connectivity index (χ1v) is 8.67. The smallest absolute Gasteiger partial charge is 0.326 e. The average Bonchev–Trinajstić information content (AvgIpc) is 2.76. The predicted molar refractivity (Wildman–Crippen MR) is 97.3 cm³/mol. The highest BCUT2D eigenvalue weighted by Gasteiger charge is 2.39. The Morgan fingerprint density at radius 2 is 1.96 bits per heavy atom. The lowest BCUT2D eigenvalue weighted by molar-refractivity contribution is -0.145. The maximum atomic E-state index is 12.5. The van der Waals surface area contributed by atoms with Crippen LogP contribution in [-0.4, -0.2) is 32.2 Å². The number of hydrogen-bond donors (Lipinski definition) is 1. The highest BCUT2D eigenvalue weighted by Crippen LogP contribution is 2.34. The van der Waals surface area contributed by atoms with E-state index in [9.17, 15) is 14.7 Å². The molecule has 1 saturated heterocycles. The van der Waals surface area contributed by atoms with E-state index in [2.05, 4.69) is 13.8 Å². The number of hydrogen-bond acceptors (Lipinski definition) is 4. The van der Waals surface area contributed by atoms with E-state index in [-0.39, 0.29) is 5.91 Å². The monoisotopic (exact) mass is 349 g/mol. The molecule has 1 aromatic rings. The molecule has 6 heteroatoms. The predicted octanol–water partition coefficient (Wildman–Crippen LogP) is 3.87. The molecule has 1 aromatic carbocycles. The van der Waals surface area contributed by atoms with Crippen molar-refractivity contribution in [2.75, 3.05) is 0 Å². The highest BCUT2D eigenvalue weighted by atomic mass is 32.2. The fourth-order valence-corrected chi connectivity index (χ4v) is 3.70. The van der Waals surface area contributed by atoms with Crippen molar-refractivity contribution >= 4 is 46.3 Å².